The summed E-state index contributed by atoms with van der Waals surface area (Å²) < 4.78 is 0. The van der Waals surface area contributed by atoms with Gasteiger partial charge in [0.25, 0.3) is 0 Å². The van der Waals surface area contributed by atoms with Crippen molar-refractivity contribution in [3.63, 3.8) is 0 Å². The van der Waals surface area contributed by atoms with Gasteiger partial charge in [-0.3, -0.25) is 0 Å². The van der Waals surface area contributed by atoms with Crippen LogP contribution in [-0.2, 0) is 0 Å². The van der Waals surface area contributed by atoms with Crippen LogP contribution in [0.3, 0.4) is 0 Å². The van der Waals surface area contributed by atoms with Gasteiger partial charge in [-0.15, -0.1) is 0 Å². The molecule has 5 aromatic rings. The third-order valence-corrected chi connectivity index (χ3v) is 5.53. The minimum atomic E-state index is 1.01. The van der Waals surface area contributed by atoms with Gasteiger partial charge in [0, 0.05) is 22.3 Å². The van der Waals surface area contributed by atoms with Crippen molar-refractivity contribution in [2.24, 2.45) is 0 Å². The second kappa shape index (κ2) is 10.2. The topological polar surface area (TPSA) is 0 Å². The van der Waals surface area contributed by atoms with E-state index >= 15 is 0 Å². The van der Waals surface area contributed by atoms with Crippen molar-refractivity contribution >= 4 is 0 Å². The molecule has 5 aromatic carbocycles. The molecule has 0 heteroatoms. The molecule has 0 nitrogen and oxygen atoms in total. The predicted molar refractivity (Wildman–Crippen MR) is 142 cm³/mol. The molecule has 0 heterocycles. The fraction of sp³-hybridized carbons (Fsp3) is 0. The molecule has 0 unspecified atom stereocenters. The fourth-order valence-corrected chi connectivity index (χ4v) is 3.74. The molecule has 0 amide bonds. The highest BCUT2D eigenvalue weighted by atomic mass is 14.1. The maximum absolute atomic E-state index is 3.28. The molecule has 0 saturated heterocycles. The van der Waals surface area contributed by atoms with Gasteiger partial charge >= 0.3 is 0 Å². The molecule has 0 radical (unpaired) electrons. The lowest BCUT2D eigenvalue weighted by Crippen LogP contribution is -1.83. The summed E-state index contributed by atoms with van der Waals surface area (Å²) in [7, 11) is 0. The summed E-state index contributed by atoms with van der Waals surface area (Å²) in [5.41, 5.74) is 8.73. The molecular formula is C34H22. The normalized spacial score (nSPS) is 9.88. The molecule has 0 spiro atoms. The van der Waals surface area contributed by atoms with Crippen LogP contribution in [0, 0.1) is 23.7 Å². The Hall–Kier alpha value is -4.78. The largest absolute Gasteiger partial charge is 0.0622 e. The van der Waals surface area contributed by atoms with E-state index in [9.17, 15) is 0 Å². The van der Waals surface area contributed by atoms with Gasteiger partial charge < -0.3 is 0 Å². The first kappa shape index (κ1) is 21.1. The second-order valence-corrected chi connectivity index (χ2v) is 7.97. The van der Waals surface area contributed by atoms with Crippen LogP contribution >= 0.6 is 0 Å². The standard InChI is InChI=1S/C34H22/c1-3-9-27(10-4-1)17-19-29-13-7-15-33(25-29)31-21-23-32(24-22-31)34-16-8-14-30(26-34)20-18-28-11-5-2-6-12-28/h1-16,21-26H. The number of benzene rings is 5. The predicted octanol–water partition coefficient (Wildman–Crippen LogP) is 7.82. The maximum atomic E-state index is 3.28. The number of hydrogen-bond donors (Lipinski definition) is 0. The van der Waals surface area contributed by atoms with Crippen LogP contribution in [0.15, 0.2) is 133 Å². The van der Waals surface area contributed by atoms with Gasteiger partial charge in [0.2, 0.25) is 0 Å². The first-order valence-corrected chi connectivity index (χ1v) is 11.3. The Morgan fingerprint density at radius 1 is 0.265 bits per heavy atom. The van der Waals surface area contributed by atoms with Crippen molar-refractivity contribution in [3.05, 3.63) is 156 Å². The zero-order chi connectivity index (χ0) is 23.0. The van der Waals surface area contributed by atoms with Crippen molar-refractivity contribution in [3.8, 4) is 45.9 Å². The van der Waals surface area contributed by atoms with Crippen molar-refractivity contribution in [2.45, 2.75) is 0 Å². The smallest absolute Gasteiger partial charge is 0.0255 e. The lowest BCUT2D eigenvalue weighted by molar-refractivity contribution is 1.56. The molecular weight excluding hydrogens is 408 g/mol. The van der Waals surface area contributed by atoms with Crippen LogP contribution in [0.25, 0.3) is 22.3 Å². The van der Waals surface area contributed by atoms with E-state index in [4.69, 9.17) is 0 Å². The highest BCUT2D eigenvalue weighted by molar-refractivity contribution is 5.72. The Kier molecular flexibility index (Phi) is 6.34. The van der Waals surface area contributed by atoms with Crippen LogP contribution in [-0.4, -0.2) is 0 Å². The van der Waals surface area contributed by atoms with E-state index in [1.165, 1.54) is 11.1 Å². The lowest BCUT2D eigenvalue weighted by Gasteiger charge is -2.06. The van der Waals surface area contributed by atoms with Crippen molar-refractivity contribution < 1.29 is 0 Å². The molecule has 0 aliphatic heterocycles. The summed E-state index contributed by atoms with van der Waals surface area (Å²) in [5, 5.41) is 0. The molecule has 0 fully saturated rings. The van der Waals surface area contributed by atoms with Gasteiger partial charge in [-0.25, -0.2) is 0 Å². The Bertz CT molecular complexity index is 1400. The van der Waals surface area contributed by atoms with E-state index in [0.717, 1.165) is 33.4 Å². The van der Waals surface area contributed by atoms with Gasteiger partial charge in [-0.1, -0.05) is 109 Å². The van der Waals surface area contributed by atoms with Gasteiger partial charge in [-0.2, -0.15) is 0 Å². The minimum absolute atomic E-state index is 1.01. The van der Waals surface area contributed by atoms with E-state index in [2.05, 4.69) is 96.5 Å². The van der Waals surface area contributed by atoms with E-state index in [1.807, 2.05) is 60.7 Å². The van der Waals surface area contributed by atoms with Crippen LogP contribution < -0.4 is 0 Å². The summed E-state index contributed by atoms with van der Waals surface area (Å²) in [6, 6.07) is 45.6. The Balaban J connectivity index is 1.36. The number of rotatable bonds is 2. The monoisotopic (exact) mass is 430 g/mol. The van der Waals surface area contributed by atoms with Gasteiger partial charge in [0.05, 0.1) is 0 Å². The van der Waals surface area contributed by atoms with E-state index in [-0.39, 0.29) is 0 Å². The van der Waals surface area contributed by atoms with E-state index < -0.39 is 0 Å². The quantitative estimate of drug-likeness (QED) is 0.250. The minimum Gasteiger partial charge on any atom is -0.0622 e. The SMILES string of the molecule is C(#Cc1cccc(-c2ccc(-c3cccc(C#Cc4ccccc4)c3)cc2)c1)c1ccccc1. The fourth-order valence-electron chi connectivity index (χ4n) is 3.74. The van der Waals surface area contributed by atoms with Crippen molar-refractivity contribution in [1.82, 2.24) is 0 Å². The average molecular weight is 431 g/mol. The zero-order valence-corrected chi connectivity index (χ0v) is 18.7. The van der Waals surface area contributed by atoms with Gasteiger partial charge in [-0.05, 0) is 70.8 Å². The van der Waals surface area contributed by atoms with Crippen LogP contribution in [0.5, 0.6) is 0 Å². The summed E-state index contributed by atoms with van der Waals surface area (Å²) in [5.74, 6) is 13.0. The summed E-state index contributed by atoms with van der Waals surface area (Å²) in [4.78, 5) is 0. The van der Waals surface area contributed by atoms with Crippen molar-refractivity contribution in [1.29, 1.82) is 0 Å². The Labute approximate surface area is 201 Å². The third-order valence-electron chi connectivity index (χ3n) is 5.53. The molecule has 0 N–H and O–H groups in total. The van der Waals surface area contributed by atoms with E-state index in [1.54, 1.807) is 0 Å². The molecule has 158 valence electrons. The first-order valence-electron chi connectivity index (χ1n) is 11.3. The zero-order valence-electron chi connectivity index (χ0n) is 18.7. The van der Waals surface area contributed by atoms with E-state index in [0.29, 0.717) is 0 Å². The van der Waals surface area contributed by atoms with Crippen LogP contribution in [0.4, 0.5) is 0 Å². The first-order chi connectivity index (χ1) is 16.8. The highest BCUT2D eigenvalue weighted by Gasteiger charge is 2.02. The summed E-state index contributed by atoms with van der Waals surface area (Å²) >= 11 is 0. The molecule has 0 aromatic heterocycles. The maximum Gasteiger partial charge on any atom is 0.0255 e. The molecule has 0 bridgehead atoms. The lowest BCUT2D eigenvalue weighted by atomic mass is 9.98. The molecule has 0 saturated carbocycles. The Morgan fingerprint density at radius 3 is 1.03 bits per heavy atom. The molecule has 0 aliphatic rings. The van der Waals surface area contributed by atoms with Crippen molar-refractivity contribution in [2.75, 3.05) is 0 Å². The summed E-state index contributed by atoms with van der Waals surface area (Å²) in [6.07, 6.45) is 0. The molecule has 34 heavy (non-hydrogen) atoms. The average Bonchev–Trinajstić information content (AvgIpc) is 2.92. The molecule has 0 aliphatic carbocycles. The molecule has 5 rings (SSSR count). The molecule has 0 atom stereocenters. The second-order valence-electron chi connectivity index (χ2n) is 7.97. The van der Waals surface area contributed by atoms with Gasteiger partial charge in [0.15, 0.2) is 0 Å². The van der Waals surface area contributed by atoms with Crippen LogP contribution in [0.1, 0.15) is 22.3 Å². The third kappa shape index (κ3) is 5.34. The Morgan fingerprint density at radius 2 is 0.618 bits per heavy atom. The highest BCUT2D eigenvalue weighted by Crippen LogP contribution is 2.26. The van der Waals surface area contributed by atoms with Crippen LogP contribution in [0.2, 0.25) is 0 Å². The summed E-state index contributed by atoms with van der Waals surface area (Å²) in [6.45, 7) is 0. The number of hydrogen-bond acceptors (Lipinski definition) is 0. The van der Waals surface area contributed by atoms with Gasteiger partial charge in [0.1, 0.15) is 0 Å².